The SMILES string of the molecule is CCCc1cc2cncnc2n1C. The van der Waals surface area contributed by atoms with Gasteiger partial charge in [0, 0.05) is 24.3 Å². The van der Waals surface area contributed by atoms with Crippen LogP contribution in [-0.2, 0) is 13.5 Å². The Balaban J connectivity index is 2.60. The average Bonchev–Trinajstić information content (AvgIpc) is 2.46. The van der Waals surface area contributed by atoms with E-state index in [-0.39, 0.29) is 0 Å². The van der Waals surface area contributed by atoms with Crippen molar-refractivity contribution in [3.63, 3.8) is 0 Å². The normalized spacial score (nSPS) is 10.9. The van der Waals surface area contributed by atoms with Gasteiger partial charge in [-0.15, -0.1) is 0 Å². The molecule has 0 fully saturated rings. The van der Waals surface area contributed by atoms with E-state index in [0.29, 0.717) is 0 Å². The molecule has 0 aliphatic rings. The van der Waals surface area contributed by atoms with E-state index in [0.717, 1.165) is 23.9 Å². The lowest BCUT2D eigenvalue weighted by Gasteiger charge is -2.00. The largest absolute Gasteiger partial charge is 0.333 e. The number of nitrogens with zero attached hydrogens (tertiary/aromatic N) is 3. The fraction of sp³-hybridized carbons (Fsp3) is 0.400. The van der Waals surface area contributed by atoms with Crippen LogP contribution in [0.3, 0.4) is 0 Å². The van der Waals surface area contributed by atoms with Crippen molar-refractivity contribution in [1.82, 2.24) is 14.5 Å². The molecule has 0 amide bonds. The van der Waals surface area contributed by atoms with Gasteiger partial charge in [-0.1, -0.05) is 13.3 Å². The smallest absolute Gasteiger partial charge is 0.143 e. The van der Waals surface area contributed by atoms with Crippen molar-refractivity contribution in [2.24, 2.45) is 7.05 Å². The number of rotatable bonds is 2. The lowest BCUT2D eigenvalue weighted by Crippen LogP contribution is -1.96. The first kappa shape index (κ1) is 8.23. The van der Waals surface area contributed by atoms with E-state index in [1.807, 2.05) is 6.20 Å². The molecule has 0 atom stereocenters. The molecular weight excluding hydrogens is 162 g/mol. The van der Waals surface area contributed by atoms with E-state index in [9.17, 15) is 0 Å². The quantitative estimate of drug-likeness (QED) is 0.698. The highest BCUT2D eigenvalue weighted by molar-refractivity contribution is 5.76. The second-order valence-corrected chi connectivity index (χ2v) is 3.25. The standard InChI is InChI=1S/C10H13N3/c1-3-4-9-5-8-6-11-7-12-10(8)13(9)2/h5-7H,3-4H2,1-2H3. The molecule has 2 rings (SSSR count). The number of hydrogen-bond acceptors (Lipinski definition) is 2. The predicted molar refractivity (Wildman–Crippen MR) is 52.5 cm³/mol. The zero-order valence-corrected chi connectivity index (χ0v) is 7.99. The van der Waals surface area contributed by atoms with Crippen LogP contribution in [0.15, 0.2) is 18.6 Å². The Morgan fingerprint density at radius 2 is 2.31 bits per heavy atom. The summed E-state index contributed by atoms with van der Waals surface area (Å²) in [5.74, 6) is 0. The summed E-state index contributed by atoms with van der Waals surface area (Å²) in [4.78, 5) is 8.24. The molecule has 3 nitrogen and oxygen atoms in total. The average molecular weight is 175 g/mol. The van der Waals surface area contributed by atoms with E-state index < -0.39 is 0 Å². The molecule has 0 radical (unpaired) electrons. The zero-order chi connectivity index (χ0) is 9.26. The van der Waals surface area contributed by atoms with Crippen LogP contribution in [0.5, 0.6) is 0 Å². The topological polar surface area (TPSA) is 30.7 Å². The summed E-state index contributed by atoms with van der Waals surface area (Å²) in [7, 11) is 2.06. The lowest BCUT2D eigenvalue weighted by molar-refractivity contribution is 0.798. The van der Waals surface area contributed by atoms with Crippen molar-refractivity contribution in [3.8, 4) is 0 Å². The lowest BCUT2D eigenvalue weighted by atomic mass is 10.2. The van der Waals surface area contributed by atoms with Crippen LogP contribution >= 0.6 is 0 Å². The van der Waals surface area contributed by atoms with Crippen LogP contribution in [0.4, 0.5) is 0 Å². The number of fused-ring (bicyclic) bond motifs is 1. The van der Waals surface area contributed by atoms with E-state index in [2.05, 4.69) is 34.6 Å². The van der Waals surface area contributed by atoms with Gasteiger partial charge < -0.3 is 4.57 Å². The highest BCUT2D eigenvalue weighted by Gasteiger charge is 2.04. The van der Waals surface area contributed by atoms with E-state index >= 15 is 0 Å². The van der Waals surface area contributed by atoms with Crippen molar-refractivity contribution >= 4 is 11.0 Å². The second kappa shape index (κ2) is 3.17. The molecule has 0 aromatic carbocycles. The van der Waals surface area contributed by atoms with Crippen LogP contribution in [0.1, 0.15) is 19.0 Å². The molecule has 2 heterocycles. The Morgan fingerprint density at radius 1 is 1.46 bits per heavy atom. The molecule has 0 aliphatic carbocycles. The summed E-state index contributed by atoms with van der Waals surface area (Å²) < 4.78 is 2.14. The summed E-state index contributed by atoms with van der Waals surface area (Å²) in [6.07, 6.45) is 5.73. The first-order chi connectivity index (χ1) is 6.33. The van der Waals surface area contributed by atoms with Crippen molar-refractivity contribution in [2.75, 3.05) is 0 Å². The number of aromatic nitrogens is 3. The van der Waals surface area contributed by atoms with Crippen LogP contribution in [-0.4, -0.2) is 14.5 Å². The minimum atomic E-state index is 1.03. The minimum absolute atomic E-state index is 1.03. The van der Waals surface area contributed by atoms with Gasteiger partial charge in [0.05, 0.1) is 0 Å². The molecule has 0 bridgehead atoms. The van der Waals surface area contributed by atoms with Crippen molar-refractivity contribution in [3.05, 3.63) is 24.3 Å². The third kappa shape index (κ3) is 1.30. The first-order valence-electron chi connectivity index (χ1n) is 4.57. The Bertz CT molecular complexity index is 417. The molecule has 2 aromatic heterocycles. The Kier molecular flexibility index (Phi) is 2.00. The van der Waals surface area contributed by atoms with E-state index in [1.165, 1.54) is 5.69 Å². The first-order valence-corrected chi connectivity index (χ1v) is 4.57. The molecule has 0 saturated heterocycles. The highest BCUT2D eigenvalue weighted by Crippen LogP contribution is 2.15. The Labute approximate surface area is 77.4 Å². The summed E-state index contributed by atoms with van der Waals surface area (Å²) in [5, 5.41) is 1.13. The summed E-state index contributed by atoms with van der Waals surface area (Å²) in [5.41, 5.74) is 2.36. The van der Waals surface area contributed by atoms with Gasteiger partial charge in [-0.05, 0) is 12.5 Å². The van der Waals surface area contributed by atoms with Gasteiger partial charge in [-0.3, -0.25) is 0 Å². The van der Waals surface area contributed by atoms with Crippen LogP contribution in [0.25, 0.3) is 11.0 Å². The molecule has 68 valence electrons. The highest BCUT2D eigenvalue weighted by atomic mass is 15.0. The van der Waals surface area contributed by atoms with Gasteiger partial charge in [-0.2, -0.15) is 0 Å². The molecule has 13 heavy (non-hydrogen) atoms. The maximum atomic E-state index is 4.24. The fourth-order valence-electron chi connectivity index (χ4n) is 1.62. The molecule has 0 N–H and O–H groups in total. The maximum absolute atomic E-state index is 4.24. The number of hydrogen-bond donors (Lipinski definition) is 0. The summed E-state index contributed by atoms with van der Waals surface area (Å²) in [6.45, 7) is 2.18. The van der Waals surface area contributed by atoms with Gasteiger partial charge in [0.15, 0.2) is 0 Å². The van der Waals surface area contributed by atoms with Gasteiger partial charge in [-0.25, -0.2) is 9.97 Å². The molecule has 3 heteroatoms. The van der Waals surface area contributed by atoms with Gasteiger partial charge in [0.1, 0.15) is 12.0 Å². The van der Waals surface area contributed by atoms with Crippen LogP contribution < -0.4 is 0 Å². The molecule has 0 saturated carbocycles. The van der Waals surface area contributed by atoms with Crippen molar-refractivity contribution in [2.45, 2.75) is 19.8 Å². The molecule has 2 aromatic rings. The minimum Gasteiger partial charge on any atom is -0.333 e. The monoisotopic (exact) mass is 175 g/mol. The third-order valence-corrected chi connectivity index (χ3v) is 2.30. The molecule has 0 spiro atoms. The summed E-state index contributed by atoms with van der Waals surface area (Å²) in [6, 6.07) is 2.17. The van der Waals surface area contributed by atoms with E-state index in [4.69, 9.17) is 0 Å². The second-order valence-electron chi connectivity index (χ2n) is 3.25. The fourth-order valence-corrected chi connectivity index (χ4v) is 1.62. The predicted octanol–water partition coefficient (Wildman–Crippen LogP) is 1.92. The zero-order valence-electron chi connectivity index (χ0n) is 7.99. The van der Waals surface area contributed by atoms with Crippen molar-refractivity contribution in [1.29, 1.82) is 0 Å². The third-order valence-electron chi connectivity index (χ3n) is 2.30. The maximum Gasteiger partial charge on any atom is 0.143 e. The van der Waals surface area contributed by atoms with Gasteiger partial charge in [0.25, 0.3) is 0 Å². The molecule has 0 unspecified atom stereocenters. The van der Waals surface area contributed by atoms with Crippen LogP contribution in [0.2, 0.25) is 0 Å². The number of aryl methyl sites for hydroxylation is 2. The van der Waals surface area contributed by atoms with Crippen LogP contribution in [0, 0.1) is 0 Å². The Hall–Kier alpha value is -1.38. The van der Waals surface area contributed by atoms with Crippen molar-refractivity contribution < 1.29 is 0 Å². The van der Waals surface area contributed by atoms with Gasteiger partial charge >= 0.3 is 0 Å². The van der Waals surface area contributed by atoms with Gasteiger partial charge in [0.2, 0.25) is 0 Å². The molecule has 0 aliphatic heterocycles. The Morgan fingerprint density at radius 3 is 3.00 bits per heavy atom. The summed E-state index contributed by atoms with van der Waals surface area (Å²) >= 11 is 0. The van der Waals surface area contributed by atoms with E-state index in [1.54, 1.807) is 6.33 Å². The molecular formula is C10H13N3.